The van der Waals surface area contributed by atoms with Crippen LogP contribution in [0, 0.1) is 5.92 Å². The van der Waals surface area contributed by atoms with Gasteiger partial charge < -0.3 is 70.0 Å². The van der Waals surface area contributed by atoms with E-state index in [1.807, 2.05) is 0 Å². The molecule has 194 valence electrons. The van der Waals surface area contributed by atoms with Gasteiger partial charge in [0, 0.05) is 12.3 Å². The average molecular weight is 486 g/mol. The molecule has 2 heterocycles. The smallest absolute Gasteiger partial charge is 0.187 e. The lowest BCUT2D eigenvalue weighted by molar-refractivity contribution is -0.365. The van der Waals surface area contributed by atoms with Gasteiger partial charge in [-0.15, -0.1) is 0 Å². The van der Waals surface area contributed by atoms with Gasteiger partial charge in [0.05, 0.1) is 31.5 Å². The molecule has 0 spiro atoms. The van der Waals surface area contributed by atoms with Gasteiger partial charge >= 0.3 is 0 Å². The second kappa shape index (κ2) is 11.0. The molecule has 10 N–H and O–H groups in total. The van der Waals surface area contributed by atoms with Gasteiger partial charge in [0.2, 0.25) is 0 Å². The summed E-state index contributed by atoms with van der Waals surface area (Å²) < 4.78 is 22.1. The molecular weight excluding hydrogens is 452 g/mol. The lowest BCUT2D eigenvalue weighted by Gasteiger charge is -2.48. The van der Waals surface area contributed by atoms with E-state index < -0.39 is 105 Å². The second-order valence-electron chi connectivity index (χ2n) is 8.82. The van der Waals surface area contributed by atoms with Crippen LogP contribution in [0.25, 0.3) is 0 Å². The van der Waals surface area contributed by atoms with Crippen molar-refractivity contribution in [2.45, 2.75) is 99.2 Å². The molecule has 14 heteroatoms. The molecule has 0 bridgehead atoms. The minimum Gasteiger partial charge on any atom is -0.394 e. The van der Waals surface area contributed by atoms with Crippen molar-refractivity contribution in [2.24, 2.45) is 5.92 Å². The van der Waals surface area contributed by atoms with Crippen LogP contribution >= 0.6 is 0 Å². The highest BCUT2D eigenvalue weighted by molar-refractivity contribution is 4.97. The molecule has 0 radical (unpaired) electrons. The van der Waals surface area contributed by atoms with Gasteiger partial charge in [0.15, 0.2) is 12.6 Å². The summed E-state index contributed by atoms with van der Waals surface area (Å²) in [6, 6.07) is 0. The van der Waals surface area contributed by atoms with Crippen LogP contribution in [0.2, 0.25) is 0 Å². The van der Waals surface area contributed by atoms with Crippen molar-refractivity contribution in [3.8, 4) is 0 Å². The highest BCUT2D eigenvalue weighted by Gasteiger charge is 2.52. The minimum atomic E-state index is -1.80. The minimum absolute atomic E-state index is 0.131. The first-order valence-corrected chi connectivity index (χ1v) is 10.8. The molecule has 14 nitrogen and oxygen atoms in total. The van der Waals surface area contributed by atoms with E-state index in [1.54, 1.807) is 6.92 Å². The first-order valence-electron chi connectivity index (χ1n) is 10.8. The summed E-state index contributed by atoms with van der Waals surface area (Å²) in [7, 11) is 0. The SMILES string of the molecule is CC1C(OC2C(OC3C(CO)OC(O)C(O)C3O)OC(CO)C(O)C2O)CC(O)C(O)C1O. The molecule has 0 aromatic heterocycles. The van der Waals surface area contributed by atoms with E-state index in [0.29, 0.717) is 0 Å². The van der Waals surface area contributed by atoms with Gasteiger partial charge in [-0.2, -0.15) is 0 Å². The molecular formula is C19H34O14. The summed E-state index contributed by atoms with van der Waals surface area (Å²) in [4.78, 5) is 0. The molecule has 15 atom stereocenters. The van der Waals surface area contributed by atoms with Crippen LogP contribution in [0.4, 0.5) is 0 Å². The van der Waals surface area contributed by atoms with Crippen LogP contribution in [0.1, 0.15) is 13.3 Å². The Morgan fingerprint density at radius 3 is 1.88 bits per heavy atom. The Morgan fingerprint density at radius 2 is 1.27 bits per heavy atom. The standard InChI is InChI=1S/C19H34O14/c1-5-7(2-6(22)11(24)10(5)23)30-17-13(26)12(25)8(3-20)32-19(17)33-16-9(4-21)31-18(29)15(28)14(16)27/h5-29H,2-4H2,1H3. The quantitative estimate of drug-likeness (QED) is 0.168. The third kappa shape index (κ3) is 5.34. The Bertz CT molecular complexity index is 623. The van der Waals surface area contributed by atoms with Crippen molar-refractivity contribution in [3.63, 3.8) is 0 Å². The summed E-state index contributed by atoms with van der Waals surface area (Å²) in [6.07, 6.45) is -21.0. The van der Waals surface area contributed by atoms with Gasteiger partial charge in [-0.3, -0.25) is 0 Å². The van der Waals surface area contributed by atoms with E-state index in [9.17, 15) is 51.1 Å². The monoisotopic (exact) mass is 486 g/mol. The molecule has 3 fully saturated rings. The molecule has 1 saturated carbocycles. The Morgan fingerprint density at radius 1 is 0.667 bits per heavy atom. The lowest BCUT2D eigenvalue weighted by atomic mass is 9.81. The highest BCUT2D eigenvalue weighted by atomic mass is 16.7. The summed E-state index contributed by atoms with van der Waals surface area (Å²) >= 11 is 0. The molecule has 0 aromatic carbocycles. The van der Waals surface area contributed by atoms with Crippen LogP contribution in [0.5, 0.6) is 0 Å². The Kier molecular flexibility index (Phi) is 9.02. The van der Waals surface area contributed by atoms with E-state index in [1.165, 1.54) is 0 Å². The normalized spacial score (nSPS) is 53.7. The molecule has 33 heavy (non-hydrogen) atoms. The average Bonchev–Trinajstić information content (AvgIpc) is 2.80. The zero-order valence-electron chi connectivity index (χ0n) is 17.9. The van der Waals surface area contributed by atoms with Crippen LogP contribution in [-0.4, -0.2) is 150 Å². The van der Waals surface area contributed by atoms with Crippen molar-refractivity contribution in [1.29, 1.82) is 0 Å². The molecule has 3 aliphatic rings. The molecule has 0 amide bonds. The maximum absolute atomic E-state index is 10.7. The predicted octanol–water partition coefficient (Wildman–Crippen LogP) is -5.88. The van der Waals surface area contributed by atoms with Crippen molar-refractivity contribution < 1.29 is 70.0 Å². The van der Waals surface area contributed by atoms with Crippen LogP contribution in [-0.2, 0) is 18.9 Å². The number of hydrogen-bond acceptors (Lipinski definition) is 14. The van der Waals surface area contributed by atoms with E-state index in [-0.39, 0.29) is 6.42 Å². The third-order valence-corrected chi connectivity index (χ3v) is 6.63. The fourth-order valence-electron chi connectivity index (χ4n) is 4.43. The molecule has 3 rings (SSSR count). The van der Waals surface area contributed by atoms with Gasteiger partial charge in [-0.05, 0) is 0 Å². The fourth-order valence-corrected chi connectivity index (χ4v) is 4.43. The molecule has 1 aliphatic carbocycles. The maximum Gasteiger partial charge on any atom is 0.187 e. The van der Waals surface area contributed by atoms with E-state index in [0.717, 1.165) is 0 Å². The van der Waals surface area contributed by atoms with E-state index in [2.05, 4.69) is 0 Å². The summed E-state index contributed by atoms with van der Waals surface area (Å²) in [5, 5.41) is 100. The number of ether oxygens (including phenoxy) is 4. The molecule has 2 aliphatic heterocycles. The maximum atomic E-state index is 10.7. The predicted molar refractivity (Wildman–Crippen MR) is 103 cm³/mol. The van der Waals surface area contributed by atoms with Crippen LogP contribution < -0.4 is 0 Å². The molecule has 0 aromatic rings. The zero-order chi connectivity index (χ0) is 24.6. The largest absolute Gasteiger partial charge is 0.394 e. The second-order valence-corrected chi connectivity index (χ2v) is 8.82. The van der Waals surface area contributed by atoms with Gasteiger partial charge in [-0.25, -0.2) is 0 Å². The number of aliphatic hydroxyl groups is 10. The number of aliphatic hydroxyl groups excluding tert-OH is 10. The topological polar surface area (TPSA) is 239 Å². The van der Waals surface area contributed by atoms with Gasteiger partial charge in [0.1, 0.15) is 54.9 Å². The van der Waals surface area contributed by atoms with Crippen molar-refractivity contribution in [1.82, 2.24) is 0 Å². The van der Waals surface area contributed by atoms with Crippen molar-refractivity contribution in [2.75, 3.05) is 13.2 Å². The lowest BCUT2D eigenvalue weighted by Crippen LogP contribution is -2.65. The summed E-state index contributed by atoms with van der Waals surface area (Å²) in [5.41, 5.74) is 0. The Balaban J connectivity index is 1.83. The van der Waals surface area contributed by atoms with E-state index in [4.69, 9.17) is 18.9 Å². The molecule has 15 unspecified atom stereocenters. The fraction of sp³-hybridized carbons (Fsp3) is 1.00. The number of hydrogen-bond donors (Lipinski definition) is 10. The van der Waals surface area contributed by atoms with E-state index >= 15 is 0 Å². The zero-order valence-corrected chi connectivity index (χ0v) is 17.9. The third-order valence-electron chi connectivity index (χ3n) is 6.63. The first-order chi connectivity index (χ1) is 15.5. The Hall–Kier alpha value is -0.560. The van der Waals surface area contributed by atoms with Crippen molar-refractivity contribution in [3.05, 3.63) is 0 Å². The van der Waals surface area contributed by atoms with Gasteiger partial charge in [0.25, 0.3) is 0 Å². The van der Waals surface area contributed by atoms with Crippen LogP contribution in [0.3, 0.4) is 0 Å². The first kappa shape index (κ1) is 27.0. The Labute approximate surface area is 189 Å². The highest BCUT2D eigenvalue weighted by Crippen LogP contribution is 2.34. The summed E-state index contributed by atoms with van der Waals surface area (Å²) in [6.45, 7) is 0.0959. The summed E-state index contributed by atoms with van der Waals surface area (Å²) in [5.74, 6) is -0.713. The number of rotatable bonds is 6. The van der Waals surface area contributed by atoms with Gasteiger partial charge in [-0.1, -0.05) is 6.92 Å². The van der Waals surface area contributed by atoms with Crippen molar-refractivity contribution >= 4 is 0 Å². The molecule has 2 saturated heterocycles. The van der Waals surface area contributed by atoms with Crippen LogP contribution in [0.15, 0.2) is 0 Å².